The highest BCUT2D eigenvalue weighted by molar-refractivity contribution is 5.85. The number of amides is 1. The van der Waals surface area contributed by atoms with Crippen molar-refractivity contribution in [2.24, 2.45) is 5.92 Å². The van der Waals surface area contributed by atoms with E-state index in [4.69, 9.17) is 5.11 Å². The van der Waals surface area contributed by atoms with Crippen molar-refractivity contribution >= 4 is 24.3 Å². The number of nitrogens with zero attached hydrogens (tertiary/aromatic N) is 3. The zero-order valence-corrected chi connectivity index (χ0v) is 17.3. The van der Waals surface area contributed by atoms with Gasteiger partial charge in [0, 0.05) is 25.7 Å². The minimum Gasteiger partial charge on any atom is -0.480 e. The summed E-state index contributed by atoms with van der Waals surface area (Å²) in [7, 11) is 3.86. The molecular weight excluding hydrogens is 354 g/mol. The molecule has 0 spiro atoms. The van der Waals surface area contributed by atoms with Gasteiger partial charge in [-0.25, -0.2) is 0 Å². The molecule has 3 unspecified atom stereocenters. The van der Waals surface area contributed by atoms with Crippen molar-refractivity contribution in [1.29, 1.82) is 0 Å². The number of halogens is 1. The van der Waals surface area contributed by atoms with E-state index in [1.165, 1.54) is 19.3 Å². The van der Waals surface area contributed by atoms with Crippen LogP contribution in [0.3, 0.4) is 0 Å². The summed E-state index contributed by atoms with van der Waals surface area (Å²) in [4.78, 5) is 29.8. The van der Waals surface area contributed by atoms with E-state index in [9.17, 15) is 9.59 Å². The molecule has 0 aromatic heterocycles. The van der Waals surface area contributed by atoms with E-state index in [1.54, 1.807) is 0 Å². The van der Waals surface area contributed by atoms with Crippen LogP contribution in [0.4, 0.5) is 0 Å². The van der Waals surface area contributed by atoms with Crippen LogP contribution < -0.4 is 0 Å². The van der Waals surface area contributed by atoms with E-state index in [-0.39, 0.29) is 24.9 Å². The van der Waals surface area contributed by atoms with Crippen molar-refractivity contribution in [1.82, 2.24) is 14.7 Å². The van der Waals surface area contributed by atoms with Crippen molar-refractivity contribution in [3.63, 3.8) is 0 Å². The summed E-state index contributed by atoms with van der Waals surface area (Å²) in [6, 6.07) is 0.690. The molecule has 0 radical (unpaired) electrons. The van der Waals surface area contributed by atoms with Gasteiger partial charge in [-0.1, -0.05) is 19.8 Å². The minimum atomic E-state index is -0.776. The highest BCUT2D eigenvalue weighted by Gasteiger charge is 2.29. The maximum Gasteiger partial charge on any atom is 0.317 e. The standard InChI is InChI=1S/C19H35N3O3.ClH/c1-15-7-4-5-9-17(15)21(3)18(23)13-22-11-6-8-16(10-12-22)20(2)14-19(24)25;/h15-17H,4-14H2,1-3H3,(H,24,25);1H. The van der Waals surface area contributed by atoms with Crippen molar-refractivity contribution in [3.05, 3.63) is 0 Å². The first-order chi connectivity index (χ1) is 11.9. The normalized spacial score (nSPS) is 27.5. The largest absolute Gasteiger partial charge is 0.480 e. The quantitative estimate of drug-likeness (QED) is 0.755. The van der Waals surface area contributed by atoms with Crippen LogP contribution in [0.25, 0.3) is 0 Å². The highest BCUT2D eigenvalue weighted by Crippen LogP contribution is 2.27. The maximum atomic E-state index is 12.7. The Bertz CT molecular complexity index is 463. The van der Waals surface area contributed by atoms with Gasteiger partial charge in [-0.15, -0.1) is 12.4 Å². The second-order valence-corrected chi connectivity index (χ2v) is 8.00. The molecule has 2 rings (SSSR count). The van der Waals surface area contributed by atoms with Gasteiger partial charge in [0.2, 0.25) is 5.91 Å². The first-order valence-electron chi connectivity index (χ1n) is 9.78. The number of likely N-dealkylation sites (tertiary alicyclic amines) is 1. The third-order valence-corrected chi connectivity index (χ3v) is 6.11. The molecule has 1 aliphatic carbocycles. The van der Waals surface area contributed by atoms with Gasteiger partial charge in [0.1, 0.15) is 0 Å². The van der Waals surface area contributed by atoms with Gasteiger partial charge < -0.3 is 10.0 Å². The van der Waals surface area contributed by atoms with E-state index in [1.807, 2.05) is 23.9 Å². The third kappa shape index (κ3) is 6.71. The molecule has 1 N–H and O–H groups in total. The number of carbonyl (C=O) groups is 2. The summed E-state index contributed by atoms with van der Waals surface area (Å²) < 4.78 is 0. The Morgan fingerprint density at radius 1 is 1.04 bits per heavy atom. The average molecular weight is 390 g/mol. The number of aliphatic carboxylic acids is 1. The number of hydrogen-bond acceptors (Lipinski definition) is 4. The predicted octanol–water partition coefficient (Wildman–Crippen LogP) is 2.32. The van der Waals surface area contributed by atoms with Gasteiger partial charge in [0.05, 0.1) is 13.1 Å². The molecule has 0 bridgehead atoms. The van der Waals surface area contributed by atoms with E-state index >= 15 is 0 Å². The van der Waals surface area contributed by atoms with Gasteiger partial charge in [-0.3, -0.25) is 19.4 Å². The lowest BCUT2D eigenvalue weighted by Gasteiger charge is -2.37. The second kappa shape index (κ2) is 11.1. The molecule has 152 valence electrons. The Labute approximate surface area is 164 Å². The van der Waals surface area contributed by atoms with Gasteiger partial charge in [-0.2, -0.15) is 0 Å². The molecule has 1 heterocycles. The number of carboxylic acids is 1. The fraction of sp³-hybridized carbons (Fsp3) is 0.895. The predicted molar refractivity (Wildman–Crippen MR) is 106 cm³/mol. The number of carbonyl (C=O) groups excluding carboxylic acids is 1. The third-order valence-electron chi connectivity index (χ3n) is 6.11. The van der Waals surface area contributed by atoms with Gasteiger partial charge >= 0.3 is 5.97 Å². The molecule has 2 aliphatic rings. The van der Waals surface area contributed by atoms with Crippen molar-refractivity contribution in [2.75, 3.05) is 40.3 Å². The fourth-order valence-electron chi connectivity index (χ4n) is 4.44. The second-order valence-electron chi connectivity index (χ2n) is 8.00. The molecule has 7 heteroatoms. The van der Waals surface area contributed by atoms with E-state index in [0.29, 0.717) is 24.5 Å². The molecule has 0 aromatic carbocycles. The van der Waals surface area contributed by atoms with Crippen LogP contribution >= 0.6 is 12.4 Å². The Balaban J connectivity index is 0.00000338. The Morgan fingerprint density at radius 3 is 2.38 bits per heavy atom. The summed E-state index contributed by atoms with van der Waals surface area (Å²) in [5, 5.41) is 8.96. The lowest BCUT2D eigenvalue weighted by atomic mass is 9.85. The lowest BCUT2D eigenvalue weighted by Crippen LogP contribution is -2.47. The smallest absolute Gasteiger partial charge is 0.317 e. The highest BCUT2D eigenvalue weighted by atomic mass is 35.5. The van der Waals surface area contributed by atoms with Crippen LogP contribution in [-0.2, 0) is 9.59 Å². The molecule has 1 amide bonds. The van der Waals surface area contributed by atoms with Crippen molar-refractivity contribution < 1.29 is 14.7 Å². The Kier molecular flexibility index (Phi) is 9.90. The molecule has 1 saturated heterocycles. The van der Waals surface area contributed by atoms with Crippen molar-refractivity contribution in [3.8, 4) is 0 Å². The van der Waals surface area contributed by atoms with Crippen molar-refractivity contribution in [2.45, 2.75) is 64.0 Å². The Morgan fingerprint density at radius 2 is 1.73 bits per heavy atom. The SMILES string of the molecule is CC1CCCCC1N(C)C(=O)CN1CCCC(N(C)CC(=O)O)CC1.Cl. The summed E-state index contributed by atoms with van der Waals surface area (Å²) in [6.07, 6.45) is 7.83. The van der Waals surface area contributed by atoms with Crippen LogP contribution in [0.15, 0.2) is 0 Å². The summed E-state index contributed by atoms with van der Waals surface area (Å²) in [5.41, 5.74) is 0. The van der Waals surface area contributed by atoms with E-state index < -0.39 is 5.97 Å². The van der Waals surface area contributed by atoms with Gasteiger partial charge in [0.15, 0.2) is 0 Å². The van der Waals surface area contributed by atoms with Crippen LogP contribution in [0.1, 0.15) is 51.9 Å². The topological polar surface area (TPSA) is 64.1 Å². The van der Waals surface area contributed by atoms with Crippen LogP contribution in [-0.4, -0.2) is 84.0 Å². The number of rotatable bonds is 6. The summed E-state index contributed by atoms with van der Waals surface area (Å²) in [6.45, 7) is 4.65. The van der Waals surface area contributed by atoms with Crippen LogP contribution in [0.5, 0.6) is 0 Å². The van der Waals surface area contributed by atoms with E-state index in [2.05, 4.69) is 11.8 Å². The molecule has 6 nitrogen and oxygen atoms in total. The number of likely N-dealkylation sites (N-methyl/N-ethyl adjacent to an activating group) is 2. The Hall–Kier alpha value is -0.850. The first-order valence-corrected chi connectivity index (χ1v) is 9.78. The zero-order valence-electron chi connectivity index (χ0n) is 16.5. The molecule has 26 heavy (non-hydrogen) atoms. The molecule has 2 fully saturated rings. The summed E-state index contributed by atoms with van der Waals surface area (Å²) >= 11 is 0. The zero-order chi connectivity index (χ0) is 18.4. The summed E-state index contributed by atoms with van der Waals surface area (Å²) in [5.74, 6) is 0.0546. The fourth-order valence-corrected chi connectivity index (χ4v) is 4.44. The molecular formula is C19H36ClN3O3. The minimum absolute atomic E-state index is 0. The van der Waals surface area contributed by atoms with Gasteiger partial charge in [-0.05, 0) is 51.6 Å². The molecule has 3 atom stereocenters. The number of hydrogen-bond donors (Lipinski definition) is 1. The molecule has 1 aliphatic heterocycles. The first kappa shape index (κ1) is 23.2. The van der Waals surface area contributed by atoms with Gasteiger partial charge in [0.25, 0.3) is 0 Å². The number of carboxylic acid groups (broad SMARTS) is 1. The molecule has 1 saturated carbocycles. The van der Waals surface area contributed by atoms with E-state index in [0.717, 1.165) is 38.8 Å². The monoisotopic (exact) mass is 389 g/mol. The van der Waals surface area contributed by atoms with Crippen LogP contribution in [0, 0.1) is 5.92 Å². The van der Waals surface area contributed by atoms with Crippen LogP contribution in [0.2, 0.25) is 0 Å². The average Bonchev–Trinajstić information content (AvgIpc) is 2.79. The maximum absolute atomic E-state index is 12.7. The molecule has 0 aromatic rings. The lowest BCUT2D eigenvalue weighted by molar-refractivity contribution is -0.138.